The highest BCUT2D eigenvalue weighted by molar-refractivity contribution is 9.10. The fourth-order valence-electron chi connectivity index (χ4n) is 1.94. The molecule has 0 aromatic carbocycles. The molecule has 5 heteroatoms. The number of nitrogens with one attached hydrogen (secondary N) is 1. The van der Waals surface area contributed by atoms with Crippen LogP contribution in [0.15, 0.2) is 15.5 Å². The monoisotopic (exact) mass is 309 g/mol. The van der Waals surface area contributed by atoms with E-state index in [9.17, 15) is 4.79 Å². The summed E-state index contributed by atoms with van der Waals surface area (Å²) in [5.41, 5.74) is 0.540. The maximum absolute atomic E-state index is 11.9. The lowest BCUT2D eigenvalue weighted by Crippen LogP contribution is -2.26. The van der Waals surface area contributed by atoms with Crippen molar-refractivity contribution in [2.45, 2.75) is 38.8 Å². The number of halogens is 1. The second-order valence-corrected chi connectivity index (χ2v) is 5.56. The molecule has 1 heterocycles. The molecule has 0 spiro atoms. The zero-order chi connectivity index (χ0) is 13.1. The zero-order valence-electron chi connectivity index (χ0n) is 10.3. The molecule has 0 bridgehead atoms. The second-order valence-electron chi connectivity index (χ2n) is 4.76. The molecular formula is C13H16BrN3O. The van der Waals surface area contributed by atoms with Crippen LogP contribution in [0.25, 0.3) is 0 Å². The van der Waals surface area contributed by atoms with Crippen molar-refractivity contribution >= 4 is 21.6 Å². The summed E-state index contributed by atoms with van der Waals surface area (Å²) in [4.78, 5) is 11.9. The standard InChI is InChI=1S/C13H16BrN3O/c1-3-6-17-13(18)12(14)11(8-15-17)16-9(2)7-10-4-5-10/h1,8-10,16H,4-7H2,2H3. The van der Waals surface area contributed by atoms with Crippen LogP contribution in [0.1, 0.15) is 26.2 Å². The van der Waals surface area contributed by atoms with Gasteiger partial charge in [0, 0.05) is 6.04 Å². The minimum atomic E-state index is -0.198. The summed E-state index contributed by atoms with van der Waals surface area (Å²) >= 11 is 3.31. The largest absolute Gasteiger partial charge is 0.380 e. The Morgan fingerprint density at radius 1 is 1.72 bits per heavy atom. The molecule has 0 radical (unpaired) electrons. The normalized spacial score (nSPS) is 16.1. The Hall–Kier alpha value is -1.28. The van der Waals surface area contributed by atoms with E-state index >= 15 is 0 Å². The highest BCUT2D eigenvalue weighted by atomic mass is 79.9. The van der Waals surface area contributed by atoms with Crippen molar-refractivity contribution in [1.29, 1.82) is 0 Å². The van der Waals surface area contributed by atoms with Gasteiger partial charge in [-0.2, -0.15) is 5.10 Å². The Kier molecular flexibility index (Phi) is 4.07. The fraction of sp³-hybridized carbons (Fsp3) is 0.538. The molecule has 0 saturated heterocycles. The minimum absolute atomic E-state index is 0.190. The number of aromatic nitrogens is 2. The molecule has 4 nitrogen and oxygen atoms in total. The predicted octanol–water partition coefficient (Wildman–Crippen LogP) is 2.24. The Labute approximate surface area is 115 Å². The van der Waals surface area contributed by atoms with E-state index in [1.54, 1.807) is 6.20 Å². The first-order valence-corrected chi connectivity index (χ1v) is 6.86. The summed E-state index contributed by atoms with van der Waals surface area (Å²) in [5.74, 6) is 3.25. The van der Waals surface area contributed by atoms with Crippen molar-refractivity contribution in [3.63, 3.8) is 0 Å². The average Bonchev–Trinajstić information content (AvgIpc) is 3.13. The Morgan fingerprint density at radius 3 is 3.06 bits per heavy atom. The molecule has 1 N–H and O–H groups in total. The van der Waals surface area contributed by atoms with Gasteiger partial charge in [0.2, 0.25) is 0 Å². The smallest absolute Gasteiger partial charge is 0.284 e. The summed E-state index contributed by atoms with van der Waals surface area (Å²) in [6, 6.07) is 0.346. The van der Waals surface area contributed by atoms with Gasteiger partial charge in [0.15, 0.2) is 0 Å². The van der Waals surface area contributed by atoms with Gasteiger partial charge in [0.25, 0.3) is 5.56 Å². The van der Waals surface area contributed by atoms with Crippen LogP contribution in [-0.4, -0.2) is 15.8 Å². The van der Waals surface area contributed by atoms with E-state index in [-0.39, 0.29) is 12.1 Å². The first-order chi connectivity index (χ1) is 8.61. The van der Waals surface area contributed by atoms with E-state index in [4.69, 9.17) is 6.42 Å². The van der Waals surface area contributed by atoms with E-state index in [0.29, 0.717) is 10.5 Å². The van der Waals surface area contributed by atoms with Crippen LogP contribution in [0, 0.1) is 18.3 Å². The fourth-order valence-corrected chi connectivity index (χ4v) is 2.36. The topological polar surface area (TPSA) is 46.9 Å². The number of terminal acetylenes is 1. The molecule has 1 aromatic heterocycles. The number of rotatable bonds is 5. The highest BCUT2D eigenvalue weighted by Gasteiger charge is 2.23. The summed E-state index contributed by atoms with van der Waals surface area (Å²) in [6.45, 7) is 2.31. The van der Waals surface area contributed by atoms with Crippen molar-refractivity contribution in [2.75, 3.05) is 5.32 Å². The SMILES string of the molecule is C#CCn1ncc(NC(C)CC2CC2)c(Br)c1=O. The van der Waals surface area contributed by atoms with Crippen LogP contribution in [-0.2, 0) is 6.54 Å². The summed E-state index contributed by atoms with van der Waals surface area (Å²) in [6.07, 6.45) is 10.6. The van der Waals surface area contributed by atoms with Gasteiger partial charge in [-0.25, -0.2) is 4.68 Å². The first kappa shape index (κ1) is 13.2. The lowest BCUT2D eigenvalue weighted by molar-refractivity contribution is 0.633. The van der Waals surface area contributed by atoms with Crippen LogP contribution in [0.4, 0.5) is 5.69 Å². The van der Waals surface area contributed by atoms with Crippen LogP contribution in [0.2, 0.25) is 0 Å². The molecule has 1 aromatic rings. The molecule has 1 atom stereocenters. The maximum atomic E-state index is 11.9. The van der Waals surface area contributed by atoms with Crippen LogP contribution in [0.3, 0.4) is 0 Å². The molecule has 2 rings (SSSR count). The molecule has 1 aliphatic carbocycles. The third-order valence-corrected chi connectivity index (χ3v) is 3.78. The summed E-state index contributed by atoms with van der Waals surface area (Å²) < 4.78 is 1.76. The van der Waals surface area contributed by atoms with Gasteiger partial charge in [0.1, 0.15) is 11.0 Å². The van der Waals surface area contributed by atoms with Crippen molar-refractivity contribution in [3.05, 3.63) is 21.0 Å². The van der Waals surface area contributed by atoms with Gasteiger partial charge >= 0.3 is 0 Å². The minimum Gasteiger partial charge on any atom is -0.380 e. The van der Waals surface area contributed by atoms with Crippen molar-refractivity contribution in [1.82, 2.24) is 9.78 Å². The van der Waals surface area contributed by atoms with Crippen LogP contribution in [0.5, 0.6) is 0 Å². The molecule has 96 valence electrons. The molecule has 1 aliphatic rings. The third kappa shape index (κ3) is 3.14. The van der Waals surface area contributed by atoms with E-state index in [2.05, 4.69) is 39.2 Å². The quantitative estimate of drug-likeness (QED) is 0.849. The molecule has 18 heavy (non-hydrogen) atoms. The summed E-state index contributed by atoms with van der Waals surface area (Å²) in [5, 5.41) is 7.36. The van der Waals surface area contributed by atoms with Crippen molar-refractivity contribution < 1.29 is 0 Å². The zero-order valence-corrected chi connectivity index (χ0v) is 11.9. The summed E-state index contributed by atoms with van der Waals surface area (Å²) in [7, 11) is 0. The average molecular weight is 310 g/mol. The Bertz CT molecular complexity index is 528. The molecule has 1 unspecified atom stereocenters. The van der Waals surface area contributed by atoms with E-state index in [1.807, 2.05) is 0 Å². The first-order valence-electron chi connectivity index (χ1n) is 6.07. The number of nitrogens with zero attached hydrogens (tertiary/aromatic N) is 2. The van der Waals surface area contributed by atoms with Gasteiger partial charge in [0.05, 0.1) is 11.9 Å². The van der Waals surface area contributed by atoms with Crippen molar-refractivity contribution in [2.24, 2.45) is 5.92 Å². The molecular weight excluding hydrogens is 294 g/mol. The van der Waals surface area contributed by atoms with E-state index in [1.165, 1.54) is 17.5 Å². The predicted molar refractivity (Wildman–Crippen MR) is 75.5 cm³/mol. The Balaban J connectivity index is 2.11. The van der Waals surface area contributed by atoms with Crippen molar-refractivity contribution in [3.8, 4) is 12.3 Å². The van der Waals surface area contributed by atoms with Gasteiger partial charge in [-0.1, -0.05) is 18.8 Å². The van der Waals surface area contributed by atoms with Crippen LogP contribution >= 0.6 is 15.9 Å². The third-order valence-electron chi connectivity index (χ3n) is 3.01. The van der Waals surface area contributed by atoms with Gasteiger partial charge in [-0.3, -0.25) is 4.79 Å². The maximum Gasteiger partial charge on any atom is 0.284 e. The molecule has 0 aliphatic heterocycles. The van der Waals surface area contributed by atoms with Crippen LogP contribution < -0.4 is 10.9 Å². The molecule has 0 amide bonds. The number of hydrogen-bond acceptors (Lipinski definition) is 3. The number of hydrogen-bond donors (Lipinski definition) is 1. The van der Waals surface area contributed by atoms with Gasteiger partial charge in [-0.05, 0) is 35.2 Å². The Morgan fingerprint density at radius 2 is 2.44 bits per heavy atom. The van der Waals surface area contributed by atoms with Gasteiger partial charge in [-0.15, -0.1) is 6.42 Å². The second kappa shape index (κ2) is 5.57. The van der Waals surface area contributed by atoms with E-state index < -0.39 is 0 Å². The molecule has 1 fully saturated rings. The molecule has 1 saturated carbocycles. The number of anilines is 1. The van der Waals surface area contributed by atoms with E-state index in [0.717, 1.165) is 18.0 Å². The lowest BCUT2D eigenvalue weighted by Gasteiger charge is -2.15. The lowest BCUT2D eigenvalue weighted by atomic mass is 10.1. The van der Waals surface area contributed by atoms with Gasteiger partial charge < -0.3 is 5.32 Å². The highest BCUT2D eigenvalue weighted by Crippen LogP contribution is 2.34.